The van der Waals surface area contributed by atoms with E-state index in [1.54, 1.807) is 6.20 Å². The van der Waals surface area contributed by atoms with Gasteiger partial charge in [0.05, 0.1) is 5.69 Å². The fourth-order valence-corrected chi connectivity index (χ4v) is 1.87. The van der Waals surface area contributed by atoms with Gasteiger partial charge in [-0.1, -0.05) is 12.2 Å². The van der Waals surface area contributed by atoms with Crippen LogP contribution in [0.25, 0.3) is 0 Å². The Morgan fingerprint density at radius 3 is 2.67 bits per heavy atom. The van der Waals surface area contributed by atoms with Gasteiger partial charge in [0.1, 0.15) is 4.99 Å². The lowest BCUT2D eigenvalue weighted by atomic mass is 10.2. The molecule has 1 aromatic heterocycles. The summed E-state index contributed by atoms with van der Waals surface area (Å²) in [4.78, 5) is 8.99. The van der Waals surface area contributed by atoms with E-state index in [0.717, 1.165) is 26.1 Å². The van der Waals surface area contributed by atoms with E-state index in [1.165, 1.54) is 5.56 Å². The lowest BCUT2D eigenvalue weighted by molar-refractivity contribution is 0.294. The zero-order valence-electron chi connectivity index (χ0n) is 11.4. The number of hydrogen-bond acceptors (Lipinski definition) is 4. The van der Waals surface area contributed by atoms with Crippen LogP contribution in [0, 0.1) is 0 Å². The van der Waals surface area contributed by atoms with Gasteiger partial charge in [-0.05, 0) is 58.3 Å². The standard InChI is InChI=1S/C13H22N4S/c1-16(2)7-4-8-17(3)10-11-5-6-15-12(9-11)13(14)18/h5-6,9H,4,7-8,10H2,1-3H3,(H2,14,18). The quantitative estimate of drug-likeness (QED) is 0.749. The van der Waals surface area contributed by atoms with Crippen LogP contribution < -0.4 is 5.73 Å². The molecule has 1 aromatic rings. The van der Waals surface area contributed by atoms with Crippen molar-refractivity contribution in [1.29, 1.82) is 0 Å². The van der Waals surface area contributed by atoms with E-state index >= 15 is 0 Å². The highest BCUT2D eigenvalue weighted by molar-refractivity contribution is 7.80. The van der Waals surface area contributed by atoms with Crippen LogP contribution in [-0.4, -0.2) is 54.0 Å². The molecule has 2 N–H and O–H groups in total. The van der Waals surface area contributed by atoms with Gasteiger partial charge in [0.15, 0.2) is 0 Å². The Balaban J connectivity index is 2.46. The van der Waals surface area contributed by atoms with Crippen molar-refractivity contribution in [2.75, 3.05) is 34.2 Å². The van der Waals surface area contributed by atoms with Crippen molar-refractivity contribution in [3.05, 3.63) is 29.6 Å². The Bertz CT molecular complexity index is 392. The number of pyridine rings is 1. The second-order valence-electron chi connectivity index (χ2n) is 4.81. The summed E-state index contributed by atoms with van der Waals surface area (Å²) >= 11 is 4.93. The second-order valence-corrected chi connectivity index (χ2v) is 5.25. The summed E-state index contributed by atoms with van der Waals surface area (Å²) in [5.41, 5.74) is 7.47. The van der Waals surface area contributed by atoms with E-state index in [2.05, 4.69) is 35.9 Å². The van der Waals surface area contributed by atoms with Gasteiger partial charge in [0, 0.05) is 12.7 Å². The molecular weight excluding hydrogens is 244 g/mol. The smallest absolute Gasteiger partial charge is 0.122 e. The molecule has 0 aliphatic carbocycles. The molecular formula is C13H22N4S. The van der Waals surface area contributed by atoms with Gasteiger partial charge < -0.3 is 15.5 Å². The molecule has 4 nitrogen and oxygen atoms in total. The molecule has 0 atom stereocenters. The molecule has 0 saturated carbocycles. The van der Waals surface area contributed by atoms with E-state index < -0.39 is 0 Å². The molecule has 0 amide bonds. The second kappa shape index (κ2) is 7.41. The summed E-state index contributed by atoms with van der Waals surface area (Å²) in [6, 6.07) is 3.97. The highest BCUT2D eigenvalue weighted by Crippen LogP contribution is 2.05. The summed E-state index contributed by atoms with van der Waals surface area (Å²) in [5.74, 6) is 0. The number of nitrogens with zero attached hydrogens (tertiary/aromatic N) is 3. The van der Waals surface area contributed by atoms with Gasteiger partial charge in [-0.2, -0.15) is 0 Å². The number of thiocarbonyl (C=S) groups is 1. The minimum Gasteiger partial charge on any atom is -0.388 e. The lowest BCUT2D eigenvalue weighted by Crippen LogP contribution is -2.23. The summed E-state index contributed by atoms with van der Waals surface area (Å²) < 4.78 is 0. The van der Waals surface area contributed by atoms with Crippen LogP contribution in [-0.2, 0) is 6.54 Å². The van der Waals surface area contributed by atoms with Gasteiger partial charge >= 0.3 is 0 Å². The number of nitrogens with two attached hydrogens (primary N) is 1. The van der Waals surface area contributed by atoms with Gasteiger partial charge in [0.25, 0.3) is 0 Å². The van der Waals surface area contributed by atoms with Crippen LogP contribution >= 0.6 is 12.2 Å². The average molecular weight is 266 g/mol. The SMILES string of the molecule is CN(C)CCCN(C)Cc1ccnc(C(N)=S)c1. The van der Waals surface area contributed by atoms with Crippen LogP contribution in [0.4, 0.5) is 0 Å². The average Bonchev–Trinajstić information content (AvgIpc) is 2.28. The summed E-state index contributed by atoms with van der Waals surface area (Å²) in [7, 11) is 6.31. The Labute approximate surface area is 115 Å². The van der Waals surface area contributed by atoms with Crippen LogP contribution in [0.2, 0.25) is 0 Å². The summed E-state index contributed by atoms with van der Waals surface area (Å²) in [6.07, 6.45) is 2.92. The van der Waals surface area contributed by atoms with Crippen LogP contribution in [0.5, 0.6) is 0 Å². The van der Waals surface area contributed by atoms with Crippen molar-refractivity contribution in [2.45, 2.75) is 13.0 Å². The minimum absolute atomic E-state index is 0.354. The maximum atomic E-state index is 5.58. The van der Waals surface area contributed by atoms with E-state index in [4.69, 9.17) is 18.0 Å². The first kappa shape index (κ1) is 15.0. The third kappa shape index (κ3) is 5.53. The first-order valence-electron chi connectivity index (χ1n) is 6.07. The molecule has 0 unspecified atom stereocenters. The minimum atomic E-state index is 0.354. The number of aromatic nitrogens is 1. The van der Waals surface area contributed by atoms with Gasteiger partial charge in [0.2, 0.25) is 0 Å². The lowest BCUT2D eigenvalue weighted by Gasteiger charge is -2.18. The van der Waals surface area contributed by atoms with Gasteiger partial charge in [-0.15, -0.1) is 0 Å². The molecule has 0 radical (unpaired) electrons. The van der Waals surface area contributed by atoms with Crippen molar-refractivity contribution >= 4 is 17.2 Å². The number of hydrogen-bond donors (Lipinski definition) is 1. The molecule has 1 heterocycles. The molecule has 0 aliphatic rings. The number of rotatable bonds is 7. The Hall–Kier alpha value is -1.04. The van der Waals surface area contributed by atoms with Crippen molar-refractivity contribution in [3.8, 4) is 0 Å². The first-order valence-corrected chi connectivity index (χ1v) is 6.48. The largest absolute Gasteiger partial charge is 0.388 e. The Morgan fingerprint density at radius 2 is 2.06 bits per heavy atom. The first-order chi connectivity index (χ1) is 8.49. The summed E-state index contributed by atoms with van der Waals surface area (Å²) in [5, 5.41) is 0. The highest BCUT2D eigenvalue weighted by Gasteiger charge is 2.03. The molecule has 0 fully saturated rings. The fourth-order valence-electron chi connectivity index (χ4n) is 1.75. The zero-order valence-corrected chi connectivity index (χ0v) is 12.2. The Morgan fingerprint density at radius 1 is 1.33 bits per heavy atom. The van der Waals surface area contributed by atoms with Crippen LogP contribution in [0.1, 0.15) is 17.7 Å². The third-order valence-corrected chi connectivity index (χ3v) is 2.88. The Kier molecular flexibility index (Phi) is 6.18. The summed E-state index contributed by atoms with van der Waals surface area (Å²) in [6.45, 7) is 3.08. The normalized spacial score (nSPS) is 11.2. The predicted molar refractivity (Wildman–Crippen MR) is 79.6 cm³/mol. The molecule has 5 heteroatoms. The third-order valence-electron chi connectivity index (χ3n) is 2.67. The zero-order chi connectivity index (χ0) is 13.5. The van der Waals surface area contributed by atoms with Crippen LogP contribution in [0.3, 0.4) is 0 Å². The van der Waals surface area contributed by atoms with Crippen molar-refractivity contribution in [2.24, 2.45) is 5.73 Å². The van der Waals surface area contributed by atoms with E-state index in [1.807, 2.05) is 12.1 Å². The molecule has 0 aliphatic heterocycles. The molecule has 0 saturated heterocycles. The van der Waals surface area contributed by atoms with E-state index in [0.29, 0.717) is 10.7 Å². The fraction of sp³-hybridized carbons (Fsp3) is 0.538. The van der Waals surface area contributed by atoms with Gasteiger partial charge in [-0.3, -0.25) is 4.98 Å². The highest BCUT2D eigenvalue weighted by atomic mass is 32.1. The maximum Gasteiger partial charge on any atom is 0.122 e. The monoisotopic (exact) mass is 266 g/mol. The van der Waals surface area contributed by atoms with E-state index in [9.17, 15) is 0 Å². The maximum absolute atomic E-state index is 5.58. The molecule has 0 aromatic carbocycles. The van der Waals surface area contributed by atoms with Crippen molar-refractivity contribution < 1.29 is 0 Å². The molecule has 18 heavy (non-hydrogen) atoms. The topological polar surface area (TPSA) is 45.4 Å². The molecule has 100 valence electrons. The van der Waals surface area contributed by atoms with Gasteiger partial charge in [-0.25, -0.2) is 0 Å². The van der Waals surface area contributed by atoms with Crippen molar-refractivity contribution in [1.82, 2.24) is 14.8 Å². The molecule has 1 rings (SSSR count). The predicted octanol–water partition coefficient (Wildman–Crippen LogP) is 1.10. The molecule has 0 spiro atoms. The van der Waals surface area contributed by atoms with E-state index in [-0.39, 0.29) is 0 Å². The van der Waals surface area contributed by atoms with Crippen molar-refractivity contribution in [3.63, 3.8) is 0 Å². The van der Waals surface area contributed by atoms with Crippen LogP contribution in [0.15, 0.2) is 18.3 Å². The molecule has 0 bridgehead atoms.